The number of para-hydroxylation sites is 1. The predicted molar refractivity (Wildman–Crippen MR) is 87.2 cm³/mol. The summed E-state index contributed by atoms with van der Waals surface area (Å²) >= 11 is 0. The number of hydrogen-bond acceptors (Lipinski definition) is 4. The number of carbonyl (C=O) groups is 1. The van der Waals surface area contributed by atoms with Crippen molar-refractivity contribution in [2.45, 2.75) is 20.0 Å². The van der Waals surface area contributed by atoms with Crippen molar-refractivity contribution in [2.75, 3.05) is 51.2 Å². The molecule has 1 amide bonds. The molecule has 0 aliphatic carbocycles. The Balaban J connectivity index is 1.46. The van der Waals surface area contributed by atoms with Gasteiger partial charge in [-0.15, -0.1) is 0 Å². The van der Waals surface area contributed by atoms with Gasteiger partial charge in [-0.2, -0.15) is 0 Å². The third kappa shape index (κ3) is 4.06. The molecule has 0 bridgehead atoms. The molecule has 1 atom stereocenters. The minimum atomic E-state index is 0.0800. The van der Waals surface area contributed by atoms with Gasteiger partial charge in [-0.25, -0.2) is 0 Å². The van der Waals surface area contributed by atoms with Crippen molar-refractivity contribution >= 4 is 11.6 Å². The summed E-state index contributed by atoms with van der Waals surface area (Å²) in [7, 11) is 0. The van der Waals surface area contributed by atoms with Crippen molar-refractivity contribution in [1.29, 1.82) is 0 Å². The second kappa shape index (κ2) is 6.77. The van der Waals surface area contributed by atoms with Crippen LogP contribution in [-0.4, -0.2) is 67.7 Å². The van der Waals surface area contributed by atoms with Crippen molar-refractivity contribution in [3.05, 3.63) is 29.3 Å². The van der Waals surface area contributed by atoms with E-state index in [4.69, 9.17) is 4.74 Å². The fourth-order valence-corrected chi connectivity index (χ4v) is 2.99. The highest BCUT2D eigenvalue weighted by molar-refractivity contribution is 5.93. The normalized spacial score (nSPS) is 22.5. The molecule has 1 unspecified atom stereocenters. The van der Waals surface area contributed by atoms with Crippen LogP contribution in [0.25, 0.3) is 0 Å². The molecule has 1 N–H and O–H groups in total. The molecule has 2 fully saturated rings. The largest absolute Gasteiger partial charge is 0.372 e. The van der Waals surface area contributed by atoms with E-state index in [1.165, 1.54) is 0 Å². The van der Waals surface area contributed by atoms with Crippen LogP contribution in [0.3, 0.4) is 0 Å². The molecule has 5 nitrogen and oxygen atoms in total. The molecule has 120 valence electrons. The van der Waals surface area contributed by atoms with Crippen LogP contribution in [-0.2, 0) is 9.53 Å². The van der Waals surface area contributed by atoms with Crippen molar-refractivity contribution in [2.24, 2.45) is 0 Å². The van der Waals surface area contributed by atoms with E-state index in [2.05, 4.69) is 15.1 Å². The number of nitrogens with zero attached hydrogens (tertiary/aromatic N) is 2. The molecule has 0 aromatic heterocycles. The number of carbonyl (C=O) groups excluding carboxylic acids is 1. The molecule has 2 saturated heterocycles. The van der Waals surface area contributed by atoms with Crippen LogP contribution in [0, 0.1) is 13.8 Å². The molecule has 0 radical (unpaired) electrons. The zero-order valence-corrected chi connectivity index (χ0v) is 13.5. The van der Waals surface area contributed by atoms with Gasteiger partial charge in [-0.05, 0) is 25.0 Å². The number of piperazine rings is 1. The lowest BCUT2D eigenvalue weighted by atomic mass is 10.1. The quantitative estimate of drug-likeness (QED) is 0.832. The van der Waals surface area contributed by atoms with Gasteiger partial charge in [-0.1, -0.05) is 18.2 Å². The van der Waals surface area contributed by atoms with Gasteiger partial charge >= 0.3 is 0 Å². The summed E-state index contributed by atoms with van der Waals surface area (Å²) in [5.74, 6) is 0.0800. The Morgan fingerprint density at radius 1 is 1.18 bits per heavy atom. The van der Waals surface area contributed by atoms with Gasteiger partial charge in [0.05, 0.1) is 19.3 Å². The Labute approximate surface area is 132 Å². The number of hydrogen-bond donors (Lipinski definition) is 1. The van der Waals surface area contributed by atoms with E-state index in [0.29, 0.717) is 12.6 Å². The molecule has 0 saturated carbocycles. The van der Waals surface area contributed by atoms with Gasteiger partial charge in [0.25, 0.3) is 0 Å². The zero-order chi connectivity index (χ0) is 15.5. The Morgan fingerprint density at radius 2 is 1.77 bits per heavy atom. The lowest BCUT2D eigenvalue weighted by Crippen LogP contribution is -2.49. The van der Waals surface area contributed by atoms with Crippen LogP contribution in [0.15, 0.2) is 18.2 Å². The average Bonchev–Trinajstić information content (AvgIpc) is 3.29. The Bertz CT molecular complexity index is 514. The number of epoxide rings is 1. The van der Waals surface area contributed by atoms with Gasteiger partial charge in [0, 0.05) is 38.4 Å². The summed E-state index contributed by atoms with van der Waals surface area (Å²) in [5.41, 5.74) is 3.18. The maximum absolute atomic E-state index is 12.3. The summed E-state index contributed by atoms with van der Waals surface area (Å²) in [6, 6.07) is 6.08. The second-order valence-electron chi connectivity index (χ2n) is 6.35. The number of ether oxygens (including phenoxy) is 1. The fourth-order valence-electron chi connectivity index (χ4n) is 2.99. The average molecular weight is 303 g/mol. The van der Waals surface area contributed by atoms with E-state index in [-0.39, 0.29) is 5.91 Å². The van der Waals surface area contributed by atoms with Gasteiger partial charge < -0.3 is 10.1 Å². The molecule has 1 aromatic carbocycles. The van der Waals surface area contributed by atoms with Gasteiger partial charge in [0.15, 0.2) is 0 Å². The molecule has 0 spiro atoms. The van der Waals surface area contributed by atoms with E-state index in [9.17, 15) is 4.79 Å². The standard InChI is InChI=1S/C17H25N3O2/c1-13-4-3-5-14(2)17(13)18-16(21)11-20-8-6-19(7-9-20)10-15-12-22-15/h3-5,15H,6-12H2,1-2H3,(H,18,21). The third-order valence-corrected chi connectivity index (χ3v) is 4.44. The monoisotopic (exact) mass is 303 g/mol. The summed E-state index contributed by atoms with van der Waals surface area (Å²) in [6.07, 6.45) is 0.457. The Hall–Kier alpha value is -1.43. The van der Waals surface area contributed by atoms with Gasteiger partial charge in [0.2, 0.25) is 5.91 Å². The Kier molecular flexibility index (Phi) is 4.76. The molecular formula is C17H25N3O2. The highest BCUT2D eigenvalue weighted by Gasteiger charge is 2.27. The zero-order valence-electron chi connectivity index (χ0n) is 13.5. The van der Waals surface area contributed by atoms with Gasteiger partial charge in [0.1, 0.15) is 0 Å². The summed E-state index contributed by atoms with van der Waals surface area (Å²) in [6.45, 7) is 10.4. The summed E-state index contributed by atoms with van der Waals surface area (Å²) in [5, 5.41) is 3.07. The smallest absolute Gasteiger partial charge is 0.238 e. The molecule has 3 rings (SSSR count). The first-order valence-corrected chi connectivity index (χ1v) is 8.04. The molecule has 2 heterocycles. The molecular weight excluding hydrogens is 278 g/mol. The van der Waals surface area contributed by atoms with Crippen molar-refractivity contribution in [3.8, 4) is 0 Å². The number of amides is 1. The number of nitrogens with one attached hydrogen (secondary N) is 1. The maximum Gasteiger partial charge on any atom is 0.238 e. The maximum atomic E-state index is 12.3. The van der Waals surface area contributed by atoms with Crippen LogP contribution in [0.4, 0.5) is 5.69 Å². The highest BCUT2D eigenvalue weighted by Crippen LogP contribution is 2.19. The van der Waals surface area contributed by atoms with Crippen LogP contribution in [0.1, 0.15) is 11.1 Å². The van der Waals surface area contributed by atoms with Crippen LogP contribution in [0.5, 0.6) is 0 Å². The Morgan fingerprint density at radius 3 is 2.36 bits per heavy atom. The van der Waals surface area contributed by atoms with E-state index in [1.807, 2.05) is 32.0 Å². The number of rotatable bonds is 5. The minimum absolute atomic E-state index is 0.0800. The van der Waals surface area contributed by atoms with Crippen LogP contribution in [0.2, 0.25) is 0 Å². The summed E-state index contributed by atoms with van der Waals surface area (Å²) < 4.78 is 5.27. The molecule has 2 aliphatic rings. The highest BCUT2D eigenvalue weighted by atomic mass is 16.6. The molecule has 1 aromatic rings. The topological polar surface area (TPSA) is 48.1 Å². The van der Waals surface area contributed by atoms with Crippen molar-refractivity contribution in [3.63, 3.8) is 0 Å². The van der Waals surface area contributed by atoms with Crippen molar-refractivity contribution in [1.82, 2.24) is 9.80 Å². The first-order valence-electron chi connectivity index (χ1n) is 8.04. The van der Waals surface area contributed by atoms with Crippen molar-refractivity contribution < 1.29 is 9.53 Å². The van der Waals surface area contributed by atoms with Gasteiger partial charge in [-0.3, -0.25) is 14.6 Å². The van der Waals surface area contributed by atoms with E-state index in [0.717, 1.165) is 56.1 Å². The SMILES string of the molecule is Cc1cccc(C)c1NC(=O)CN1CCN(CC2CO2)CC1. The number of aryl methyl sites for hydroxylation is 2. The molecule has 22 heavy (non-hydrogen) atoms. The third-order valence-electron chi connectivity index (χ3n) is 4.44. The van der Waals surface area contributed by atoms with E-state index >= 15 is 0 Å². The lowest BCUT2D eigenvalue weighted by Gasteiger charge is -2.34. The number of benzene rings is 1. The first kappa shape index (κ1) is 15.5. The first-order chi connectivity index (χ1) is 10.6. The predicted octanol–water partition coefficient (Wildman–Crippen LogP) is 1.26. The minimum Gasteiger partial charge on any atom is -0.372 e. The van der Waals surface area contributed by atoms with Crippen LogP contribution >= 0.6 is 0 Å². The second-order valence-corrected chi connectivity index (χ2v) is 6.35. The lowest BCUT2D eigenvalue weighted by molar-refractivity contribution is -0.117. The van der Waals surface area contributed by atoms with E-state index < -0.39 is 0 Å². The molecule has 5 heteroatoms. The fraction of sp³-hybridized carbons (Fsp3) is 0.588. The molecule has 2 aliphatic heterocycles. The van der Waals surface area contributed by atoms with Crippen LogP contribution < -0.4 is 5.32 Å². The summed E-state index contributed by atoms with van der Waals surface area (Å²) in [4.78, 5) is 16.9. The van der Waals surface area contributed by atoms with E-state index in [1.54, 1.807) is 0 Å². The number of anilines is 1.